The van der Waals surface area contributed by atoms with E-state index in [1.54, 1.807) is 0 Å². The average Bonchev–Trinajstić information content (AvgIpc) is 3.20. The molecule has 350 valence electrons. The Morgan fingerprint density at radius 2 is 0.559 bits per heavy atom. The van der Waals surface area contributed by atoms with Gasteiger partial charge in [0.25, 0.3) is 0 Å². The maximum atomic E-state index is 12.8. The summed E-state index contributed by atoms with van der Waals surface area (Å²) in [6, 6.07) is 0. The molecule has 1 atom stereocenters. The molecule has 0 fully saturated rings. The highest BCUT2D eigenvalue weighted by Gasteiger charge is 2.19. The zero-order valence-corrected chi connectivity index (χ0v) is 40.4. The van der Waals surface area contributed by atoms with Crippen LogP contribution in [-0.4, -0.2) is 37.2 Å². The van der Waals surface area contributed by atoms with Crippen LogP contribution in [0.5, 0.6) is 0 Å². The van der Waals surface area contributed by atoms with Crippen molar-refractivity contribution >= 4 is 17.9 Å². The molecule has 0 bridgehead atoms. The van der Waals surface area contributed by atoms with Crippen molar-refractivity contribution < 1.29 is 28.6 Å². The molecule has 0 aliphatic heterocycles. The minimum atomic E-state index is -0.762. The van der Waals surface area contributed by atoms with Crippen LogP contribution in [0.15, 0.2) is 0 Å². The van der Waals surface area contributed by atoms with Gasteiger partial charge < -0.3 is 14.2 Å². The second-order valence-corrected chi connectivity index (χ2v) is 19.1. The van der Waals surface area contributed by atoms with E-state index in [1.807, 2.05) is 0 Å². The summed E-state index contributed by atoms with van der Waals surface area (Å²) in [5.74, 6) is 0.751. The van der Waals surface area contributed by atoms with Crippen LogP contribution >= 0.6 is 0 Å². The van der Waals surface area contributed by atoms with Crippen molar-refractivity contribution in [2.24, 2.45) is 11.8 Å². The van der Waals surface area contributed by atoms with Gasteiger partial charge in [0.1, 0.15) is 13.2 Å². The number of carbonyl (C=O) groups excluding carboxylic acids is 3. The van der Waals surface area contributed by atoms with Crippen LogP contribution < -0.4 is 0 Å². The van der Waals surface area contributed by atoms with Crippen molar-refractivity contribution in [1.29, 1.82) is 0 Å². The van der Waals surface area contributed by atoms with Crippen molar-refractivity contribution in [2.75, 3.05) is 13.2 Å². The summed E-state index contributed by atoms with van der Waals surface area (Å²) in [5.41, 5.74) is 0. The quantitative estimate of drug-likeness (QED) is 0.0345. The van der Waals surface area contributed by atoms with Gasteiger partial charge in [0.2, 0.25) is 0 Å². The first kappa shape index (κ1) is 57.4. The summed E-state index contributed by atoms with van der Waals surface area (Å²) < 4.78 is 16.8. The molecule has 0 amide bonds. The van der Waals surface area contributed by atoms with E-state index in [0.29, 0.717) is 19.3 Å². The first-order valence-corrected chi connectivity index (χ1v) is 26.2. The van der Waals surface area contributed by atoms with Gasteiger partial charge in [0.15, 0.2) is 6.10 Å². The summed E-state index contributed by atoms with van der Waals surface area (Å²) in [5, 5.41) is 0. The zero-order chi connectivity index (χ0) is 43.3. The normalized spacial score (nSPS) is 12.1. The molecule has 0 saturated heterocycles. The number of rotatable bonds is 47. The smallest absolute Gasteiger partial charge is 0.306 e. The van der Waals surface area contributed by atoms with E-state index in [4.69, 9.17) is 14.2 Å². The maximum absolute atomic E-state index is 12.8. The number of carbonyl (C=O) groups is 3. The second kappa shape index (κ2) is 45.9. The van der Waals surface area contributed by atoms with Crippen molar-refractivity contribution in [2.45, 2.75) is 298 Å². The Labute approximate surface area is 368 Å². The Balaban J connectivity index is 4.25. The highest BCUT2D eigenvalue weighted by Crippen LogP contribution is 2.17. The van der Waals surface area contributed by atoms with Crippen LogP contribution in [0.4, 0.5) is 0 Å². The van der Waals surface area contributed by atoms with Gasteiger partial charge in [-0.1, -0.05) is 253 Å². The third-order valence-electron chi connectivity index (χ3n) is 12.0. The molecule has 0 saturated carbocycles. The van der Waals surface area contributed by atoms with Crippen molar-refractivity contribution in [3.63, 3.8) is 0 Å². The monoisotopic (exact) mass is 835 g/mol. The molecule has 0 spiro atoms. The van der Waals surface area contributed by atoms with Crippen molar-refractivity contribution in [3.8, 4) is 0 Å². The third kappa shape index (κ3) is 47.3. The fraction of sp³-hybridized carbons (Fsp3) is 0.943. The SMILES string of the molecule is CCCCCCCCCCCCCCCCCCCCC(=O)OC[C@H](COC(=O)CCCCCCCCCCCC(C)C)OC(=O)CCCCCCCCCCC(C)C. The minimum absolute atomic E-state index is 0.0643. The molecule has 0 heterocycles. The number of hydrogen-bond acceptors (Lipinski definition) is 6. The van der Waals surface area contributed by atoms with Crippen LogP contribution in [-0.2, 0) is 28.6 Å². The molecule has 6 heteroatoms. The summed E-state index contributed by atoms with van der Waals surface area (Å²) in [6.07, 6.45) is 46.7. The van der Waals surface area contributed by atoms with Gasteiger partial charge in [-0.25, -0.2) is 0 Å². The molecule has 0 aliphatic rings. The molecule has 0 unspecified atom stereocenters. The Morgan fingerprint density at radius 1 is 0.322 bits per heavy atom. The van der Waals surface area contributed by atoms with Gasteiger partial charge in [0, 0.05) is 19.3 Å². The molecule has 6 nitrogen and oxygen atoms in total. The van der Waals surface area contributed by atoms with Gasteiger partial charge in [-0.15, -0.1) is 0 Å². The fourth-order valence-corrected chi connectivity index (χ4v) is 7.99. The van der Waals surface area contributed by atoms with Crippen molar-refractivity contribution in [3.05, 3.63) is 0 Å². The molecule has 0 aromatic rings. The molecule has 0 N–H and O–H groups in total. The van der Waals surface area contributed by atoms with E-state index in [1.165, 1.54) is 180 Å². The third-order valence-corrected chi connectivity index (χ3v) is 12.0. The molecule has 0 aromatic heterocycles. The van der Waals surface area contributed by atoms with Crippen LogP contribution in [0.2, 0.25) is 0 Å². The van der Waals surface area contributed by atoms with Crippen LogP contribution in [0, 0.1) is 11.8 Å². The van der Waals surface area contributed by atoms with E-state index >= 15 is 0 Å². The lowest BCUT2D eigenvalue weighted by Crippen LogP contribution is -2.30. The molecule has 0 radical (unpaired) electrons. The van der Waals surface area contributed by atoms with Crippen molar-refractivity contribution in [1.82, 2.24) is 0 Å². The molecule has 0 rings (SSSR count). The Bertz CT molecular complexity index is 900. The highest BCUT2D eigenvalue weighted by atomic mass is 16.6. The number of unbranched alkanes of at least 4 members (excludes halogenated alkanes) is 32. The molecule has 59 heavy (non-hydrogen) atoms. The lowest BCUT2D eigenvalue weighted by Gasteiger charge is -2.18. The summed E-state index contributed by atoms with van der Waals surface area (Å²) in [6.45, 7) is 11.3. The summed E-state index contributed by atoms with van der Waals surface area (Å²) >= 11 is 0. The average molecular weight is 835 g/mol. The topological polar surface area (TPSA) is 78.9 Å². The lowest BCUT2D eigenvalue weighted by atomic mass is 10.0. The minimum Gasteiger partial charge on any atom is -0.462 e. The van der Waals surface area contributed by atoms with Crippen LogP contribution in [0.3, 0.4) is 0 Å². The first-order valence-electron chi connectivity index (χ1n) is 26.2. The zero-order valence-electron chi connectivity index (χ0n) is 40.4. The van der Waals surface area contributed by atoms with Gasteiger partial charge in [-0.3, -0.25) is 14.4 Å². The van der Waals surface area contributed by atoms with Gasteiger partial charge in [-0.05, 0) is 31.1 Å². The van der Waals surface area contributed by atoms with E-state index < -0.39 is 6.10 Å². The van der Waals surface area contributed by atoms with Gasteiger partial charge in [0.05, 0.1) is 0 Å². The number of ether oxygens (including phenoxy) is 3. The van der Waals surface area contributed by atoms with Gasteiger partial charge >= 0.3 is 17.9 Å². The predicted molar refractivity (Wildman–Crippen MR) is 252 cm³/mol. The van der Waals surface area contributed by atoms with E-state index in [2.05, 4.69) is 34.6 Å². The number of hydrogen-bond donors (Lipinski definition) is 0. The standard InChI is InChI=1S/C53H102O6/c1-6-7-8-9-10-11-12-13-14-15-16-17-18-19-22-28-33-38-43-51(54)57-46-50(59-53(56)45-40-35-30-25-24-27-32-37-42-49(4)5)47-58-52(55)44-39-34-29-23-20-21-26-31-36-41-48(2)3/h48-50H,6-47H2,1-5H3/t50-/m1/s1. The maximum Gasteiger partial charge on any atom is 0.306 e. The number of esters is 3. The van der Waals surface area contributed by atoms with Crippen LogP contribution in [0.1, 0.15) is 291 Å². The molecular formula is C53H102O6. The van der Waals surface area contributed by atoms with E-state index in [9.17, 15) is 14.4 Å². The first-order chi connectivity index (χ1) is 28.7. The van der Waals surface area contributed by atoms with E-state index in [0.717, 1.165) is 69.6 Å². The highest BCUT2D eigenvalue weighted by molar-refractivity contribution is 5.71. The Morgan fingerprint density at radius 3 is 0.831 bits per heavy atom. The molecular weight excluding hydrogens is 733 g/mol. The van der Waals surface area contributed by atoms with E-state index in [-0.39, 0.29) is 31.1 Å². The molecule has 0 aromatic carbocycles. The molecule has 0 aliphatic carbocycles. The van der Waals surface area contributed by atoms with Crippen LogP contribution in [0.25, 0.3) is 0 Å². The van der Waals surface area contributed by atoms with Gasteiger partial charge in [-0.2, -0.15) is 0 Å². The Kier molecular flexibility index (Phi) is 44.7. The Hall–Kier alpha value is -1.59. The summed E-state index contributed by atoms with van der Waals surface area (Å²) in [7, 11) is 0. The predicted octanol–water partition coefficient (Wildman–Crippen LogP) is 16.9. The largest absolute Gasteiger partial charge is 0.462 e. The summed E-state index contributed by atoms with van der Waals surface area (Å²) in [4.78, 5) is 37.9. The fourth-order valence-electron chi connectivity index (χ4n) is 7.99. The second-order valence-electron chi connectivity index (χ2n) is 19.1. The lowest BCUT2D eigenvalue weighted by molar-refractivity contribution is -0.167.